The number of nitrogens with two attached hydrogens (primary N) is 1. The zero-order chi connectivity index (χ0) is 20.5. The lowest BCUT2D eigenvalue weighted by molar-refractivity contribution is 0.415. The number of imidazole rings is 1. The third-order valence-corrected chi connectivity index (χ3v) is 4.95. The molecule has 0 spiro atoms. The Hall–Kier alpha value is -4.26. The number of nitrogens with zero attached hydrogens (tertiary/aromatic N) is 4. The second-order valence-electron chi connectivity index (χ2n) is 6.73. The van der Waals surface area contributed by atoms with Gasteiger partial charge in [0.1, 0.15) is 5.82 Å². The molecule has 0 atom stereocenters. The molecule has 3 N–H and O–H groups in total. The van der Waals surface area contributed by atoms with Crippen molar-refractivity contribution in [2.24, 2.45) is 0 Å². The highest BCUT2D eigenvalue weighted by molar-refractivity contribution is 5.94. The fourth-order valence-electron chi connectivity index (χ4n) is 3.49. The van der Waals surface area contributed by atoms with Crippen LogP contribution in [0.4, 0.5) is 5.82 Å². The van der Waals surface area contributed by atoms with E-state index < -0.39 is 0 Å². The standard InChI is InChI=1S/C23H18N6O/c1-30-19-12-15(13-27-22(19)24)21-20(14-7-10-25-11-8-14)28-23(29-21)17-4-2-6-18-16(17)5-3-9-26-18/h2-13H,1H3,(H2,24,27)(H,28,29). The van der Waals surface area contributed by atoms with Crippen LogP contribution in [0.3, 0.4) is 0 Å². The van der Waals surface area contributed by atoms with Crippen LogP contribution in [0.5, 0.6) is 5.75 Å². The van der Waals surface area contributed by atoms with Crippen LogP contribution in [0.15, 0.2) is 73.3 Å². The van der Waals surface area contributed by atoms with E-state index in [4.69, 9.17) is 15.5 Å². The molecule has 5 aromatic rings. The van der Waals surface area contributed by atoms with Gasteiger partial charge in [-0.25, -0.2) is 9.97 Å². The maximum Gasteiger partial charge on any atom is 0.166 e. The molecular weight excluding hydrogens is 376 g/mol. The van der Waals surface area contributed by atoms with Gasteiger partial charge in [0.05, 0.1) is 24.0 Å². The van der Waals surface area contributed by atoms with Crippen LogP contribution in [0.25, 0.3) is 44.8 Å². The van der Waals surface area contributed by atoms with Gasteiger partial charge in [-0.3, -0.25) is 9.97 Å². The summed E-state index contributed by atoms with van der Waals surface area (Å²) in [5, 5.41) is 1.02. The highest BCUT2D eigenvalue weighted by Gasteiger charge is 2.18. The first kappa shape index (κ1) is 17.8. The van der Waals surface area contributed by atoms with Gasteiger partial charge in [-0.1, -0.05) is 18.2 Å². The Morgan fingerprint density at radius 3 is 2.63 bits per heavy atom. The van der Waals surface area contributed by atoms with Crippen molar-refractivity contribution in [3.63, 3.8) is 0 Å². The molecule has 0 aliphatic carbocycles. The topological polar surface area (TPSA) is 103 Å². The maximum absolute atomic E-state index is 5.91. The summed E-state index contributed by atoms with van der Waals surface area (Å²) in [6, 6.07) is 15.7. The minimum Gasteiger partial charge on any atom is -0.493 e. The first-order valence-electron chi connectivity index (χ1n) is 9.39. The van der Waals surface area contributed by atoms with E-state index in [1.807, 2.05) is 48.5 Å². The van der Waals surface area contributed by atoms with E-state index in [2.05, 4.69) is 19.9 Å². The second-order valence-corrected chi connectivity index (χ2v) is 6.73. The second kappa shape index (κ2) is 7.29. The van der Waals surface area contributed by atoms with E-state index in [0.29, 0.717) is 11.6 Å². The largest absolute Gasteiger partial charge is 0.493 e. The van der Waals surface area contributed by atoms with E-state index in [9.17, 15) is 0 Å². The molecule has 0 amide bonds. The number of nitrogen functional groups attached to an aromatic ring is 1. The molecule has 0 saturated heterocycles. The predicted molar refractivity (Wildman–Crippen MR) is 117 cm³/mol. The number of hydrogen-bond donors (Lipinski definition) is 2. The summed E-state index contributed by atoms with van der Waals surface area (Å²) < 4.78 is 5.36. The van der Waals surface area contributed by atoms with Crippen molar-refractivity contribution in [2.75, 3.05) is 12.8 Å². The number of hydrogen-bond acceptors (Lipinski definition) is 6. The molecule has 7 heteroatoms. The van der Waals surface area contributed by atoms with Gasteiger partial charge in [0.2, 0.25) is 0 Å². The van der Waals surface area contributed by atoms with Crippen molar-refractivity contribution in [3.05, 3.63) is 73.3 Å². The van der Waals surface area contributed by atoms with Gasteiger partial charge in [-0.05, 0) is 30.3 Å². The average Bonchev–Trinajstić information content (AvgIpc) is 3.25. The Morgan fingerprint density at radius 2 is 1.80 bits per heavy atom. The van der Waals surface area contributed by atoms with E-state index in [-0.39, 0.29) is 0 Å². The van der Waals surface area contributed by atoms with E-state index >= 15 is 0 Å². The quantitative estimate of drug-likeness (QED) is 0.470. The Kier molecular flexibility index (Phi) is 4.33. The summed E-state index contributed by atoms with van der Waals surface area (Å²) in [5.41, 5.74) is 11.2. The molecule has 7 nitrogen and oxygen atoms in total. The lowest BCUT2D eigenvalue weighted by Crippen LogP contribution is -1.96. The zero-order valence-corrected chi connectivity index (χ0v) is 16.2. The molecule has 0 aliphatic heterocycles. The van der Waals surface area contributed by atoms with Gasteiger partial charge < -0.3 is 15.5 Å². The number of pyridine rings is 3. The molecule has 0 unspecified atom stereocenters. The van der Waals surface area contributed by atoms with E-state index in [1.165, 1.54) is 0 Å². The van der Waals surface area contributed by atoms with E-state index in [1.54, 1.807) is 31.9 Å². The number of benzene rings is 1. The minimum absolute atomic E-state index is 0.339. The monoisotopic (exact) mass is 394 g/mol. The van der Waals surface area contributed by atoms with Crippen molar-refractivity contribution >= 4 is 16.7 Å². The molecule has 0 radical (unpaired) electrons. The predicted octanol–water partition coefficient (Wildman–Crippen LogP) is 4.34. The molecule has 146 valence electrons. The Morgan fingerprint density at radius 1 is 0.933 bits per heavy atom. The van der Waals surface area contributed by atoms with Crippen molar-refractivity contribution in [3.8, 4) is 39.7 Å². The highest BCUT2D eigenvalue weighted by atomic mass is 16.5. The fourth-order valence-corrected chi connectivity index (χ4v) is 3.49. The molecule has 30 heavy (non-hydrogen) atoms. The van der Waals surface area contributed by atoms with Crippen molar-refractivity contribution in [2.45, 2.75) is 0 Å². The minimum atomic E-state index is 0.339. The first-order chi connectivity index (χ1) is 14.7. The van der Waals surface area contributed by atoms with Gasteiger partial charge in [0.15, 0.2) is 11.6 Å². The Bertz CT molecular complexity index is 1340. The molecule has 0 bridgehead atoms. The molecule has 1 aromatic carbocycles. The van der Waals surface area contributed by atoms with Crippen LogP contribution in [0, 0.1) is 0 Å². The van der Waals surface area contributed by atoms with Crippen molar-refractivity contribution in [1.82, 2.24) is 24.9 Å². The van der Waals surface area contributed by atoms with Gasteiger partial charge in [-0.15, -0.1) is 0 Å². The number of ether oxygens (including phenoxy) is 1. The maximum atomic E-state index is 5.91. The van der Waals surface area contributed by atoms with Gasteiger partial charge in [0.25, 0.3) is 0 Å². The van der Waals surface area contributed by atoms with Gasteiger partial charge in [-0.2, -0.15) is 0 Å². The third kappa shape index (κ3) is 3.02. The van der Waals surface area contributed by atoms with Crippen LogP contribution < -0.4 is 10.5 Å². The summed E-state index contributed by atoms with van der Waals surface area (Å²) in [4.78, 5) is 21.3. The van der Waals surface area contributed by atoms with Crippen LogP contribution in [0.1, 0.15) is 0 Å². The number of H-pyrrole nitrogens is 1. The number of aromatic amines is 1. The summed E-state index contributed by atoms with van der Waals surface area (Å²) >= 11 is 0. The van der Waals surface area contributed by atoms with Crippen LogP contribution in [-0.4, -0.2) is 32.0 Å². The number of anilines is 1. The van der Waals surface area contributed by atoms with Gasteiger partial charge >= 0.3 is 0 Å². The van der Waals surface area contributed by atoms with Crippen molar-refractivity contribution < 1.29 is 4.74 Å². The molecule has 0 fully saturated rings. The SMILES string of the molecule is COc1cc(-c2[nH]c(-c3cccc4ncccc34)nc2-c2ccncc2)cnc1N. The molecule has 0 saturated carbocycles. The average molecular weight is 394 g/mol. The summed E-state index contributed by atoms with van der Waals surface area (Å²) in [6.07, 6.45) is 6.99. The molecule has 0 aliphatic rings. The Labute approximate surface area is 172 Å². The number of nitrogens with one attached hydrogen (secondary N) is 1. The van der Waals surface area contributed by atoms with E-state index in [0.717, 1.165) is 44.8 Å². The first-order valence-corrected chi connectivity index (χ1v) is 9.39. The lowest BCUT2D eigenvalue weighted by atomic mass is 10.1. The van der Waals surface area contributed by atoms with Crippen LogP contribution in [-0.2, 0) is 0 Å². The molecule has 4 heterocycles. The lowest BCUT2D eigenvalue weighted by Gasteiger charge is -2.07. The van der Waals surface area contributed by atoms with Crippen LogP contribution >= 0.6 is 0 Å². The van der Waals surface area contributed by atoms with Crippen molar-refractivity contribution in [1.29, 1.82) is 0 Å². The third-order valence-electron chi connectivity index (χ3n) is 4.95. The smallest absolute Gasteiger partial charge is 0.166 e. The zero-order valence-electron chi connectivity index (χ0n) is 16.2. The molecule has 5 rings (SSSR count). The summed E-state index contributed by atoms with van der Waals surface area (Å²) in [5.74, 6) is 1.59. The number of fused-ring (bicyclic) bond motifs is 1. The number of methoxy groups -OCH3 is 1. The molecule has 4 aromatic heterocycles. The number of rotatable bonds is 4. The highest BCUT2D eigenvalue weighted by Crippen LogP contribution is 2.36. The Balaban J connectivity index is 1.75. The number of aromatic nitrogens is 5. The van der Waals surface area contributed by atoms with Gasteiger partial charge in [0, 0.05) is 46.9 Å². The summed E-state index contributed by atoms with van der Waals surface area (Å²) in [7, 11) is 1.57. The summed E-state index contributed by atoms with van der Waals surface area (Å²) in [6.45, 7) is 0. The molecular formula is C23H18N6O. The fraction of sp³-hybridized carbons (Fsp3) is 0.0435. The normalized spacial score (nSPS) is 11.0. The van der Waals surface area contributed by atoms with Crippen LogP contribution in [0.2, 0.25) is 0 Å².